The van der Waals surface area contributed by atoms with Crippen molar-refractivity contribution < 1.29 is 4.74 Å². The first-order valence-corrected chi connectivity index (χ1v) is 10.6. The molecular weight excluding hydrogens is 390 g/mol. The number of nitrogens with zero attached hydrogens (tertiary/aromatic N) is 5. The van der Waals surface area contributed by atoms with Crippen molar-refractivity contribution in [2.75, 3.05) is 68.0 Å². The molecule has 0 amide bonds. The molecule has 2 aliphatic heterocycles. The molecule has 1 saturated heterocycles. The van der Waals surface area contributed by atoms with Gasteiger partial charge in [-0.15, -0.1) is 13.2 Å². The summed E-state index contributed by atoms with van der Waals surface area (Å²) in [6, 6.07) is 8.18. The van der Waals surface area contributed by atoms with Crippen LogP contribution in [0.25, 0.3) is 6.08 Å². The number of rotatable bonds is 9. The fourth-order valence-corrected chi connectivity index (χ4v) is 3.64. The molecule has 8 nitrogen and oxygen atoms in total. The fraction of sp³-hybridized carbons (Fsp3) is 0.348. The van der Waals surface area contributed by atoms with Crippen LogP contribution in [-0.4, -0.2) is 72.3 Å². The average Bonchev–Trinajstić information content (AvgIpc) is 2.81. The van der Waals surface area contributed by atoms with Crippen molar-refractivity contribution in [3.8, 4) is 5.75 Å². The number of hydrogen-bond acceptors (Lipinski definition) is 8. The van der Waals surface area contributed by atoms with Crippen molar-refractivity contribution >= 4 is 23.9 Å². The molecule has 2 aliphatic rings. The molecule has 0 unspecified atom stereocenters. The van der Waals surface area contributed by atoms with Crippen LogP contribution in [0.2, 0.25) is 0 Å². The number of hydrogen-bond donors (Lipinski definition) is 2. The summed E-state index contributed by atoms with van der Waals surface area (Å²) in [5, 5.41) is 6.31. The molecule has 0 saturated carbocycles. The highest BCUT2D eigenvalue weighted by Crippen LogP contribution is 2.26. The summed E-state index contributed by atoms with van der Waals surface area (Å²) in [5.74, 6) is 2.73. The Morgan fingerprint density at radius 1 is 0.935 bits per heavy atom. The maximum atomic E-state index is 5.90. The predicted octanol–water partition coefficient (Wildman–Crippen LogP) is 2.67. The average molecular weight is 420 g/mol. The topological polar surface area (TPSA) is 78.4 Å². The van der Waals surface area contributed by atoms with Crippen LogP contribution in [0, 0.1) is 0 Å². The molecule has 0 aliphatic carbocycles. The summed E-state index contributed by atoms with van der Waals surface area (Å²) in [5.41, 5.74) is 2.46. The normalized spacial score (nSPS) is 16.0. The van der Waals surface area contributed by atoms with Gasteiger partial charge in [0.25, 0.3) is 0 Å². The molecule has 2 aromatic rings. The molecule has 0 spiro atoms. The van der Waals surface area contributed by atoms with Crippen LogP contribution in [0.15, 0.2) is 55.1 Å². The highest BCUT2D eigenvalue weighted by molar-refractivity contribution is 5.62. The second-order valence-corrected chi connectivity index (χ2v) is 7.51. The Balaban J connectivity index is 1.38. The molecule has 1 aromatic carbocycles. The number of fused-ring (bicyclic) bond motifs is 1. The van der Waals surface area contributed by atoms with Gasteiger partial charge in [-0.3, -0.25) is 4.90 Å². The number of piperazine rings is 1. The van der Waals surface area contributed by atoms with Crippen molar-refractivity contribution in [2.45, 2.75) is 0 Å². The second kappa shape index (κ2) is 10.1. The van der Waals surface area contributed by atoms with Gasteiger partial charge in [-0.05, 0) is 17.7 Å². The van der Waals surface area contributed by atoms with Gasteiger partial charge in [0.1, 0.15) is 12.4 Å². The number of ether oxygens (including phenoxy) is 1. The fourth-order valence-electron chi connectivity index (χ4n) is 3.64. The van der Waals surface area contributed by atoms with E-state index in [1.807, 2.05) is 18.2 Å². The largest absolute Gasteiger partial charge is 0.489 e. The molecule has 1 fully saturated rings. The van der Waals surface area contributed by atoms with Crippen molar-refractivity contribution in [2.24, 2.45) is 0 Å². The molecule has 3 heterocycles. The number of anilines is 3. The van der Waals surface area contributed by atoms with E-state index in [4.69, 9.17) is 4.74 Å². The summed E-state index contributed by atoms with van der Waals surface area (Å²) in [4.78, 5) is 18.3. The Hall–Kier alpha value is -3.39. The van der Waals surface area contributed by atoms with Crippen LogP contribution >= 0.6 is 0 Å². The van der Waals surface area contributed by atoms with Crippen molar-refractivity contribution in [1.82, 2.24) is 19.9 Å². The Kier molecular flexibility index (Phi) is 6.78. The van der Waals surface area contributed by atoms with Crippen LogP contribution in [0.3, 0.4) is 0 Å². The van der Waals surface area contributed by atoms with Crippen molar-refractivity contribution in [3.05, 3.63) is 60.7 Å². The summed E-state index contributed by atoms with van der Waals surface area (Å²) >= 11 is 0. The van der Waals surface area contributed by atoms with E-state index in [-0.39, 0.29) is 0 Å². The third-order valence-corrected chi connectivity index (χ3v) is 5.21. The summed E-state index contributed by atoms with van der Waals surface area (Å²) in [6.07, 6.45) is 5.81. The Labute approximate surface area is 183 Å². The SMILES string of the molecule is C=CCNc1nc(NCC=C)nc(N2CCN(CC3=Cc4ccccc4OC3)CC2)n1. The first kappa shape index (κ1) is 20.9. The minimum Gasteiger partial charge on any atom is -0.489 e. The maximum Gasteiger partial charge on any atom is 0.232 e. The van der Waals surface area contributed by atoms with Gasteiger partial charge in [0.2, 0.25) is 17.8 Å². The zero-order chi connectivity index (χ0) is 21.5. The Morgan fingerprint density at radius 2 is 1.61 bits per heavy atom. The van der Waals surface area contributed by atoms with Gasteiger partial charge in [0.05, 0.1) is 0 Å². The molecular formula is C23H29N7O. The molecule has 31 heavy (non-hydrogen) atoms. The van der Waals surface area contributed by atoms with Gasteiger partial charge in [-0.2, -0.15) is 15.0 Å². The van der Waals surface area contributed by atoms with E-state index in [1.54, 1.807) is 12.2 Å². The van der Waals surface area contributed by atoms with Crippen LogP contribution in [0.1, 0.15) is 5.56 Å². The standard InChI is InChI=1S/C23H29N7O/c1-3-9-24-21-26-22(25-10-4-2)28-23(27-21)30-13-11-29(12-14-30)16-18-15-19-7-5-6-8-20(19)31-17-18/h3-8,15H,1-2,9-14,16-17H2,(H2,24,25,26,27,28). The predicted molar refractivity (Wildman–Crippen MR) is 126 cm³/mol. The van der Waals surface area contributed by atoms with Crippen molar-refractivity contribution in [3.63, 3.8) is 0 Å². The van der Waals surface area contributed by atoms with Gasteiger partial charge < -0.3 is 20.3 Å². The molecule has 4 rings (SSSR count). The first-order chi connectivity index (χ1) is 15.2. The number of aromatic nitrogens is 3. The molecule has 8 heteroatoms. The lowest BCUT2D eigenvalue weighted by Crippen LogP contribution is -2.48. The van der Waals surface area contributed by atoms with Crippen LogP contribution in [0.4, 0.5) is 17.8 Å². The molecule has 162 valence electrons. The summed E-state index contributed by atoms with van der Waals surface area (Å²) in [7, 11) is 0. The minimum absolute atomic E-state index is 0.544. The Morgan fingerprint density at radius 3 is 2.29 bits per heavy atom. The highest BCUT2D eigenvalue weighted by atomic mass is 16.5. The van der Waals surface area contributed by atoms with Gasteiger partial charge in [0.15, 0.2) is 0 Å². The maximum absolute atomic E-state index is 5.90. The van der Waals surface area contributed by atoms with E-state index >= 15 is 0 Å². The van der Waals surface area contributed by atoms with E-state index in [1.165, 1.54) is 5.57 Å². The van der Waals surface area contributed by atoms with E-state index in [0.717, 1.165) is 44.0 Å². The van der Waals surface area contributed by atoms with Gasteiger partial charge >= 0.3 is 0 Å². The van der Waals surface area contributed by atoms with Gasteiger partial charge in [0, 0.05) is 51.4 Å². The smallest absolute Gasteiger partial charge is 0.232 e. The second-order valence-electron chi connectivity index (χ2n) is 7.51. The van der Waals surface area contributed by atoms with E-state index < -0.39 is 0 Å². The lowest BCUT2D eigenvalue weighted by Gasteiger charge is -2.35. The Bertz CT molecular complexity index is 920. The summed E-state index contributed by atoms with van der Waals surface area (Å²) in [6.45, 7) is 13.8. The molecule has 2 N–H and O–H groups in total. The van der Waals surface area contributed by atoms with E-state index in [2.05, 4.69) is 60.7 Å². The summed E-state index contributed by atoms with van der Waals surface area (Å²) < 4.78 is 5.90. The van der Waals surface area contributed by atoms with Crippen LogP contribution in [0.5, 0.6) is 5.75 Å². The zero-order valence-electron chi connectivity index (χ0n) is 17.8. The molecule has 0 atom stereocenters. The minimum atomic E-state index is 0.544. The monoisotopic (exact) mass is 419 g/mol. The van der Waals surface area contributed by atoms with E-state index in [9.17, 15) is 0 Å². The third kappa shape index (κ3) is 5.40. The molecule has 1 aromatic heterocycles. The zero-order valence-corrected chi connectivity index (χ0v) is 17.8. The molecule has 0 bridgehead atoms. The highest BCUT2D eigenvalue weighted by Gasteiger charge is 2.22. The molecule has 0 radical (unpaired) electrons. The lowest BCUT2D eigenvalue weighted by molar-refractivity contribution is 0.259. The van der Waals surface area contributed by atoms with Gasteiger partial charge in [-0.25, -0.2) is 0 Å². The van der Waals surface area contributed by atoms with E-state index in [0.29, 0.717) is 37.5 Å². The lowest BCUT2D eigenvalue weighted by atomic mass is 10.1. The number of para-hydroxylation sites is 1. The number of nitrogens with one attached hydrogen (secondary N) is 2. The van der Waals surface area contributed by atoms with Crippen LogP contribution < -0.4 is 20.3 Å². The van der Waals surface area contributed by atoms with Crippen LogP contribution in [-0.2, 0) is 0 Å². The van der Waals surface area contributed by atoms with Gasteiger partial charge in [-0.1, -0.05) is 30.4 Å². The quantitative estimate of drug-likeness (QED) is 0.601. The first-order valence-electron chi connectivity index (χ1n) is 10.6. The van der Waals surface area contributed by atoms with Crippen molar-refractivity contribution in [1.29, 1.82) is 0 Å². The third-order valence-electron chi connectivity index (χ3n) is 5.21. The number of benzene rings is 1.